The summed E-state index contributed by atoms with van der Waals surface area (Å²) in [6, 6.07) is 7.22. The molecule has 0 bridgehead atoms. The zero-order chi connectivity index (χ0) is 12.7. The number of carbonyl (C=O) groups excluding carboxylic acids is 2. The van der Waals surface area contributed by atoms with Crippen LogP contribution in [0.15, 0.2) is 24.3 Å². The summed E-state index contributed by atoms with van der Waals surface area (Å²) in [4.78, 5) is 22.0. The Hall–Kier alpha value is -1.15. The van der Waals surface area contributed by atoms with Crippen LogP contribution in [0.4, 0.5) is 0 Å². The minimum atomic E-state index is -0.519. The van der Waals surface area contributed by atoms with Crippen LogP contribution in [-0.4, -0.2) is 31.6 Å². The molecule has 0 aliphatic rings. The van der Waals surface area contributed by atoms with Gasteiger partial charge in [0.25, 0.3) is 5.91 Å². The van der Waals surface area contributed by atoms with Gasteiger partial charge in [-0.15, -0.1) is 0 Å². The van der Waals surface area contributed by atoms with Crippen molar-refractivity contribution in [3.63, 3.8) is 0 Å². The van der Waals surface area contributed by atoms with Gasteiger partial charge in [0.05, 0.1) is 6.61 Å². The number of hydrogen-bond donors (Lipinski definition) is 2. The number of benzene rings is 1. The van der Waals surface area contributed by atoms with E-state index in [1.165, 1.54) is 0 Å². The van der Waals surface area contributed by atoms with Crippen molar-refractivity contribution >= 4 is 34.4 Å². The molecule has 3 N–H and O–H groups in total. The molecule has 0 spiro atoms. The van der Waals surface area contributed by atoms with Gasteiger partial charge in [0.15, 0.2) is 0 Å². The largest absolute Gasteiger partial charge is 0.370 e. The second-order valence-electron chi connectivity index (χ2n) is 3.28. The molecule has 0 unspecified atom stereocenters. The highest BCUT2D eigenvalue weighted by molar-refractivity contribution is 14.1. The van der Waals surface area contributed by atoms with Crippen molar-refractivity contribution in [1.29, 1.82) is 0 Å². The molecule has 0 radical (unpaired) electrons. The van der Waals surface area contributed by atoms with Gasteiger partial charge >= 0.3 is 0 Å². The van der Waals surface area contributed by atoms with Crippen LogP contribution in [0.3, 0.4) is 0 Å². The number of rotatable bonds is 6. The molecule has 0 aliphatic heterocycles. The normalized spacial score (nSPS) is 9.94. The molecule has 1 aromatic carbocycles. The average Bonchev–Trinajstić information content (AvgIpc) is 2.29. The quantitative estimate of drug-likeness (QED) is 0.581. The molecule has 1 aromatic rings. The molecular formula is C11H13IN2O3. The molecular weight excluding hydrogens is 335 g/mol. The van der Waals surface area contributed by atoms with E-state index in [0.29, 0.717) is 12.1 Å². The van der Waals surface area contributed by atoms with Gasteiger partial charge in [0, 0.05) is 15.7 Å². The minimum Gasteiger partial charge on any atom is -0.370 e. The number of primary amides is 1. The van der Waals surface area contributed by atoms with Gasteiger partial charge in [-0.2, -0.15) is 0 Å². The van der Waals surface area contributed by atoms with Gasteiger partial charge in [-0.05, 0) is 46.9 Å². The Morgan fingerprint density at radius 3 is 2.53 bits per heavy atom. The van der Waals surface area contributed by atoms with Crippen molar-refractivity contribution in [3.05, 3.63) is 33.4 Å². The fourth-order valence-corrected chi connectivity index (χ4v) is 1.47. The Morgan fingerprint density at radius 1 is 1.29 bits per heavy atom. The van der Waals surface area contributed by atoms with Gasteiger partial charge in [-0.25, -0.2) is 0 Å². The van der Waals surface area contributed by atoms with Gasteiger partial charge in [0.1, 0.15) is 6.61 Å². The molecule has 1 rings (SSSR count). The zero-order valence-electron chi connectivity index (χ0n) is 9.11. The van der Waals surface area contributed by atoms with Crippen molar-refractivity contribution in [2.75, 3.05) is 19.8 Å². The Balaban J connectivity index is 2.25. The lowest BCUT2D eigenvalue weighted by Gasteiger charge is -2.05. The first-order valence-corrected chi connectivity index (χ1v) is 6.07. The highest BCUT2D eigenvalue weighted by Crippen LogP contribution is 2.06. The number of nitrogens with two attached hydrogens (primary N) is 1. The number of carbonyl (C=O) groups is 2. The number of halogens is 1. The van der Waals surface area contributed by atoms with Crippen LogP contribution in [0.2, 0.25) is 0 Å². The molecule has 0 aromatic heterocycles. The third-order valence-electron chi connectivity index (χ3n) is 1.88. The Kier molecular flexibility index (Phi) is 5.92. The van der Waals surface area contributed by atoms with E-state index >= 15 is 0 Å². The van der Waals surface area contributed by atoms with Gasteiger partial charge in [-0.1, -0.05) is 0 Å². The fourth-order valence-electron chi connectivity index (χ4n) is 1.11. The van der Waals surface area contributed by atoms with Crippen LogP contribution >= 0.6 is 22.6 Å². The SMILES string of the molecule is NC(=O)COCCNC(=O)c1ccc(I)cc1. The summed E-state index contributed by atoms with van der Waals surface area (Å²) in [6.45, 7) is 0.483. The van der Waals surface area contributed by atoms with Crippen LogP contribution in [0.1, 0.15) is 10.4 Å². The lowest BCUT2D eigenvalue weighted by molar-refractivity contribution is -0.122. The Labute approximate surface area is 113 Å². The maximum Gasteiger partial charge on any atom is 0.251 e. The first-order chi connectivity index (χ1) is 8.09. The third kappa shape index (κ3) is 5.64. The summed E-state index contributed by atoms with van der Waals surface area (Å²) in [5.41, 5.74) is 5.49. The summed E-state index contributed by atoms with van der Waals surface area (Å²) in [6.07, 6.45) is 0. The number of amides is 2. The van der Waals surface area contributed by atoms with Crippen LogP contribution < -0.4 is 11.1 Å². The Bertz CT molecular complexity index is 392. The third-order valence-corrected chi connectivity index (χ3v) is 2.60. The van der Waals surface area contributed by atoms with Gasteiger partial charge < -0.3 is 15.8 Å². The van der Waals surface area contributed by atoms with E-state index in [-0.39, 0.29) is 19.1 Å². The fraction of sp³-hybridized carbons (Fsp3) is 0.273. The number of ether oxygens (including phenoxy) is 1. The van der Waals surface area contributed by atoms with Crippen molar-refractivity contribution in [3.8, 4) is 0 Å². The van der Waals surface area contributed by atoms with E-state index in [2.05, 4.69) is 27.9 Å². The smallest absolute Gasteiger partial charge is 0.251 e. The van der Waals surface area contributed by atoms with Crippen LogP contribution in [-0.2, 0) is 9.53 Å². The maximum atomic E-state index is 11.6. The topological polar surface area (TPSA) is 81.4 Å². The summed E-state index contributed by atoms with van der Waals surface area (Å²) in [7, 11) is 0. The summed E-state index contributed by atoms with van der Waals surface area (Å²) < 4.78 is 5.98. The molecule has 0 saturated heterocycles. The molecule has 0 saturated carbocycles. The molecule has 0 atom stereocenters. The molecule has 5 nitrogen and oxygen atoms in total. The molecule has 0 heterocycles. The van der Waals surface area contributed by atoms with Crippen molar-refractivity contribution in [2.24, 2.45) is 5.73 Å². The number of hydrogen-bond acceptors (Lipinski definition) is 3. The zero-order valence-corrected chi connectivity index (χ0v) is 11.3. The molecule has 6 heteroatoms. The van der Waals surface area contributed by atoms with E-state index in [9.17, 15) is 9.59 Å². The summed E-state index contributed by atoms with van der Waals surface area (Å²) in [5.74, 6) is -0.682. The van der Waals surface area contributed by atoms with Crippen LogP contribution in [0.5, 0.6) is 0 Å². The van der Waals surface area contributed by atoms with E-state index in [1.807, 2.05) is 12.1 Å². The summed E-state index contributed by atoms with van der Waals surface area (Å²) >= 11 is 2.17. The highest BCUT2D eigenvalue weighted by atomic mass is 127. The number of nitrogens with one attached hydrogen (secondary N) is 1. The van der Waals surface area contributed by atoms with E-state index in [1.54, 1.807) is 12.1 Å². The van der Waals surface area contributed by atoms with Crippen LogP contribution in [0.25, 0.3) is 0 Å². The molecule has 17 heavy (non-hydrogen) atoms. The standard InChI is InChI=1S/C11H13IN2O3/c12-9-3-1-8(2-4-9)11(16)14-5-6-17-7-10(13)15/h1-4H,5-7H2,(H2,13,15)(H,14,16). The van der Waals surface area contributed by atoms with Crippen molar-refractivity contribution in [2.45, 2.75) is 0 Å². The van der Waals surface area contributed by atoms with Gasteiger partial charge in [0.2, 0.25) is 5.91 Å². The predicted molar refractivity (Wildman–Crippen MR) is 71.5 cm³/mol. The minimum absolute atomic E-state index is 0.126. The molecule has 92 valence electrons. The highest BCUT2D eigenvalue weighted by Gasteiger charge is 2.03. The first-order valence-electron chi connectivity index (χ1n) is 4.99. The second kappa shape index (κ2) is 7.23. The monoisotopic (exact) mass is 348 g/mol. The predicted octanol–water partition coefficient (Wildman–Crippen LogP) is 0.523. The molecule has 0 aliphatic carbocycles. The lowest BCUT2D eigenvalue weighted by atomic mass is 10.2. The van der Waals surface area contributed by atoms with E-state index < -0.39 is 5.91 Å². The van der Waals surface area contributed by atoms with Gasteiger partial charge in [-0.3, -0.25) is 9.59 Å². The van der Waals surface area contributed by atoms with E-state index in [0.717, 1.165) is 3.57 Å². The first kappa shape index (κ1) is 13.9. The van der Waals surface area contributed by atoms with Crippen molar-refractivity contribution in [1.82, 2.24) is 5.32 Å². The van der Waals surface area contributed by atoms with Crippen LogP contribution in [0, 0.1) is 3.57 Å². The second-order valence-corrected chi connectivity index (χ2v) is 4.53. The van der Waals surface area contributed by atoms with Crippen molar-refractivity contribution < 1.29 is 14.3 Å². The Morgan fingerprint density at radius 2 is 1.94 bits per heavy atom. The molecule has 0 fully saturated rings. The maximum absolute atomic E-state index is 11.6. The average molecular weight is 348 g/mol. The lowest BCUT2D eigenvalue weighted by Crippen LogP contribution is -2.28. The van der Waals surface area contributed by atoms with E-state index in [4.69, 9.17) is 10.5 Å². The summed E-state index contributed by atoms with van der Waals surface area (Å²) in [5, 5.41) is 2.67. The molecule has 2 amide bonds.